The maximum absolute atomic E-state index is 16.6. The second-order valence-corrected chi connectivity index (χ2v) is 36.5. The Kier molecular flexibility index (Phi) is 13.8. The second kappa shape index (κ2) is 25.4. The van der Waals surface area contributed by atoms with Crippen LogP contribution >= 0.6 is 0 Å². The van der Waals surface area contributed by atoms with E-state index in [0.29, 0.717) is 5.39 Å². The molecule has 0 heterocycles. The molecule has 0 nitrogen and oxygen atoms in total. The highest BCUT2D eigenvalue weighted by atomic mass is 19.1. The second-order valence-electron chi connectivity index (χ2n) is 36.5. The summed E-state index contributed by atoms with van der Waals surface area (Å²) in [6.07, 6.45) is 0. The summed E-state index contributed by atoms with van der Waals surface area (Å²) in [5.74, 6) is -0.209. The van der Waals surface area contributed by atoms with E-state index in [2.05, 4.69) is 384 Å². The Bertz CT molecular complexity index is 10200. The summed E-state index contributed by atoms with van der Waals surface area (Å²) in [7, 11) is 0. The zero-order valence-corrected chi connectivity index (χ0v) is 70.4. The fraction of sp³-hybridized carbons (Fsp3) is 0.0156. The Balaban J connectivity index is 0.621. The van der Waals surface area contributed by atoms with Crippen molar-refractivity contribution in [2.24, 2.45) is 0 Å². The first-order valence-corrected chi connectivity index (χ1v) is 45.2. The molecular formula is C128H71F. The van der Waals surface area contributed by atoms with Crippen molar-refractivity contribution >= 4 is 226 Å². The molecule has 0 bridgehead atoms. The highest BCUT2D eigenvalue weighted by Crippen LogP contribution is 2.61. The van der Waals surface area contributed by atoms with Crippen LogP contribution in [0.3, 0.4) is 0 Å². The van der Waals surface area contributed by atoms with Gasteiger partial charge in [-0.25, -0.2) is 4.39 Å². The molecule has 0 atom stereocenters. The summed E-state index contributed by atoms with van der Waals surface area (Å²) in [4.78, 5) is 0. The van der Waals surface area contributed by atoms with Crippen molar-refractivity contribution in [3.05, 3.63) is 411 Å². The number of hydrogen-bond acceptors (Lipinski definition) is 0. The normalized spacial score (nSPS) is 12.6. The van der Waals surface area contributed by atoms with Crippen molar-refractivity contribution in [1.82, 2.24) is 0 Å². The van der Waals surface area contributed by atoms with Crippen LogP contribution in [0.25, 0.3) is 315 Å². The van der Waals surface area contributed by atoms with E-state index in [1.165, 1.54) is 261 Å². The van der Waals surface area contributed by atoms with Gasteiger partial charge in [-0.05, 0) is 360 Å². The van der Waals surface area contributed by atoms with Gasteiger partial charge in [0.25, 0.3) is 0 Å². The molecule has 0 aromatic heterocycles. The molecule has 0 unspecified atom stereocenters. The maximum atomic E-state index is 16.6. The third-order valence-corrected chi connectivity index (χ3v) is 30.4. The summed E-state index contributed by atoms with van der Waals surface area (Å²) in [5.41, 5.74) is 21.6. The lowest BCUT2D eigenvalue weighted by atomic mass is 9.81. The van der Waals surface area contributed by atoms with E-state index in [1.54, 1.807) is 6.07 Å². The molecule has 129 heavy (non-hydrogen) atoms. The molecular weight excluding hydrogens is 1560 g/mol. The van der Waals surface area contributed by atoms with E-state index >= 15 is 4.39 Å². The molecule has 30 rings (SSSR count). The fourth-order valence-electron chi connectivity index (χ4n) is 25.3. The number of aryl methyl sites for hydroxylation is 2. The van der Waals surface area contributed by atoms with Crippen molar-refractivity contribution in [2.75, 3.05) is 0 Å². The summed E-state index contributed by atoms with van der Waals surface area (Å²) >= 11 is 0. The molecule has 1 heteroatoms. The van der Waals surface area contributed by atoms with Gasteiger partial charge in [0.1, 0.15) is 5.82 Å². The molecule has 0 spiro atoms. The van der Waals surface area contributed by atoms with Crippen LogP contribution in [0, 0.1) is 19.7 Å². The van der Waals surface area contributed by atoms with Crippen molar-refractivity contribution in [3.63, 3.8) is 0 Å². The van der Waals surface area contributed by atoms with Gasteiger partial charge in [0.2, 0.25) is 0 Å². The van der Waals surface area contributed by atoms with E-state index in [0.717, 1.165) is 60.3 Å². The molecule has 0 aliphatic rings. The predicted molar refractivity (Wildman–Crippen MR) is 554 cm³/mol. The topological polar surface area (TPSA) is 0 Å². The SMILES string of the molecule is Cc1ccccc1-c1c2cc3c4ccccc4c4cccc(c2c(-c2ccc(-c5ccc(-c6c7cc8c9ccccc9c9cccc(c7c(-c7ccc(-c%10cccc(-c%11c%12cc%13c%14ccccc%14c%14cccc(c%12c(-c%12ccccc%12)c%12c%15ccc(F)c%16cccc(c%11%12)c%16%15)c%14%13)c%10)cc7)c7c%10cccc%11cccc(c67)c%11%10)c98)cc5)cc2C)c2c5cccc6cccc(c12)c65)c43. The Morgan fingerprint density at radius 1 is 0.132 bits per heavy atom. The van der Waals surface area contributed by atoms with Gasteiger partial charge in [-0.3, -0.25) is 0 Å². The lowest BCUT2D eigenvalue weighted by molar-refractivity contribution is 0.640. The van der Waals surface area contributed by atoms with Gasteiger partial charge in [0, 0.05) is 10.8 Å². The van der Waals surface area contributed by atoms with Crippen LogP contribution in [0.1, 0.15) is 11.1 Å². The number of halogens is 1. The summed E-state index contributed by atoms with van der Waals surface area (Å²) in [6.45, 7) is 4.64. The standard InChI is InChI=1S/C128H71F/c1-68-23-6-7-32-80(68)118-106-67-103-87-38-13-10-35-84(87)90-41-21-49-98(116(90)103)121(106)122(128-95-46-18-29-73-28-17-45-94(109(73)95)127(118)128)81-60-59-78(63-69(81)2)71-51-55-75(56-52-71)110-104-65-101-85-36-11-8-33-82(85)88-39-19-47-96(114(88)101)119(104)113(125-93-44-16-27-72-26-15-43-92(108(72)93)123(110)125)76-57-53-70(54-58-76)77-30-14-31-79(64-77)111-105-66-102-86-37-12-9-34-83(86)89-40-20-48-97(115(89)102)120(105)112(74-24-4-3-5-25-74)126-100-61-62-107(129)91-42-22-50-99(117(91)100)124(111)126/h3-67H,1-2H3. The van der Waals surface area contributed by atoms with Crippen molar-refractivity contribution in [3.8, 4) is 89.0 Å². The first-order chi connectivity index (χ1) is 63.8. The molecule has 0 saturated heterocycles. The van der Waals surface area contributed by atoms with Gasteiger partial charge >= 0.3 is 0 Å². The molecule has 0 amide bonds. The van der Waals surface area contributed by atoms with Gasteiger partial charge < -0.3 is 0 Å². The van der Waals surface area contributed by atoms with Crippen LogP contribution in [-0.4, -0.2) is 0 Å². The fourth-order valence-corrected chi connectivity index (χ4v) is 25.3. The Morgan fingerprint density at radius 2 is 0.426 bits per heavy atom. The minimum Gasteiger partial charge on any atom is -0.206 e. The monoisotopic (exact) mass is 1630 g/mol. The van der Waals surface area contributed by atoms with E-state index < -0.39 is 0 Å². The van der Waals surface area contributed by atoms with E-state index in [4.69, 9.17) is 0 Å². The molecule has 0 aliphatic carbocycles. The summed E-state index contributed by atoms with van der Waals surface area (Å²) < 4.78 is 16.6. The first kappa shape index (κ1) is 69.9. The Morgan fingerprint density at radius 3 is 0.915 bits per heavy atom. The minimum atomic E-state index is -0.209. The van der Waals surface area contributed by atoms with Crippen molar-refractivity contribution < 1.29 is 4.39 Å². The molecule has 0 N–H and O–H groups in total. The first-order valence-electron chi connectivity index (χ1n) is 45.2. The maximum Gasteiger partial charge on any atom is 0.131 e. The molecule has 30 aromatic carbocycles. The van der Waals surface area contributed by atoms with E-state index in [1.807, 2.05) is 18.2 Å². The van der Waals surface area contributed by atoms with Gasteiger partial charge in [-0.15, -0.1) is 0 Å². The Hall–Kier alpha value is -16.5. The summed E-state index contributed by atoms with van der Waals surface area (Å²) in [6, 6.07) is 149. The zero-order valence-electron chi connectivity index (χ0n) is 70.4. The predicted octanol–water partition coefficient (Wildman–Crippen LogP) is 36.6. The Labute approximate surface area is 739 Å². The largest absolute Gasteiger partial charge is 0.206 e. The van der Waals surface area contributed by atoms with E-state index in [-0.39, 0.29) is 5.82 Å². The third kappa shape index (κ3) is 9.10. The minimum absolute atomic E-state index is 0.209. The van der Waals surface area contributed by atoms with Crippen molar-refractivity contribution in [2.45, 2.75) is 13.8 Å². The lowest BCUT2D eigenvalue weighted by Crippen LogP contribution is -1.94. The van der Waals surface area contributed by atoms with Crippen LogP contribution in [0.4, 0.5) is 4.39 Å². The van der Waals surface area contributed by atoms with Crippen LogP contribution in [0.15, 0.2) is 394 Å². The highest BCUT2D eigenvalue weighted by molar-refractivity contribution is 6.50. The van der Waals surface area contributed by atoms with Gasteiger partial charge in [0.05, 0.1) is 0 Å². The van der Waals surface area contributed by atoms with Crippen LogP contribution < -0.4 is 0 Å². The zero-order chi connectivity index (χ0) is 84.2. The molecule has 0 saturated carbocycles. The van der Waals surface area contributed by atoms with Crippen LogP contribution in [-0.2, 0) is 0 Å². The molecule has 0 radical (unpaired) electrons. The van der Waals surface area contributed by atoms with Gasteiger partial charge in [-0.2, -0.15) is 0 Å². The smallest absolute Gasteiger partial charge is 0.131 e. The lowest BCUT2D eigenvalue weighted by Gasteiger charge is -2.21. The summed E-state index contributed by atoms with van der Waals surface area (Å²) in [5, 5.41) is 51.8. The number of rotatable bonds is 8. The average Bonchev–Trinajstić information content (AvgIpc) is 1.54. The molecule has 30 aromatic rings. The van der Waals surface area contributed by atoms with Crippen LogP contribution in [0.2, 0.25) is 0 Å². The number of fused-ring (bicyclic) bond motifs is 24. The van der Waals surface area contributed by atoms with Crippen LogP contribution in [0.5, 0.6) is 0 Å². The number of hydrogen-bond donors (Lipinski definition) is 0. The van der Waals surface area contributed by atoms with Gasteiger partial charge in [-0.1, -0.05) is 364 Å². The highest BCUT2D eigenvalue weighted by Gasteiger charge is 2.33. The molecule has 0 fully saturated rings. The average molecular weight is 1630 g/mol. The van der Waals surface area contributed by atoms with Gasteiger partial charge in [0.15, 0.2) is 0 Å². The van der Waals surface area contributed by atoms with E-state index in [9.17, 15) is 0 Å². The quantitative estimate of drug-likeness (QED) is 0.133. The van der Waals surface area contributed by atoms with Crippen molar-refractivity contribution in [1.29, 1.82) is 0 Å². The molecule has 0 aliphatic heterocycles. The third-order valence-electron chi connectivity index (χ3n) is 30.4. The molecule has 590 valence electrons. The number of benzene rings is 24.